The summed E-state index contributed by atoms with van der Waals surface area (Å²) in [6, 6.07) is 2.44. The molecule has 2 aromatic rings. The lowest BCUT2D eigenvalue weighted by atomic mass is 10.4. The number of aromatic amines is 1. The lowest BCUT2D eigenvalue weighted by Gasteiger charge is -2.05. The molecule has 7 nitrogen and oxygen atoms in total. The summed E-state index contributed by atoms with van der Waals surface area (Å²) in [5.74, 6) is 0. The van der Waals surface area contributed by atoms with Gasteiger partial charge >= 0.3 is 0 Å². The van der Waals surface area contributed by atoms with E-state index in [4.69, 9.17) is 0 Å². The van der Waals surface area contributed by atoms with E-state index < -0.39 is 0 Å². The van der Waals surface area contributed by atoms with Crippen molar-refractivity contribution in [3.05, 3.63) is 38.5 Å². The molecule has 8 heteroatoms. The molecule has 18 heavy (non-hydrogen) atoms. The molecule has 0 fully saturated rings. The van der Waals surface area contributed by atoms with Crippen LogP contribution in [0.4, 0.5) is 5.00 Å². The molecule has 2 aromatic heterocycles. The molecule has 0 atom stereocenters. The van der Waals surface area contributed by atoms with Crippen LogP contribution in [-0.2, 0) is 6.54 Å². The van der Waals surface area contributed by atoms with Gasteiger partial charge in [0, 0.05) is 30.2 Å². The molecule has 0 amide bonds. The van der Waals surface area contributed by atoms with Crippen molar-refractivity contribution in [2.75, 3.05) is 11.9 Å². The van der Waals surface area contributed by atoms with Crippen LogP contribution in [-0.4, -0.2) is 25.9 Å². The van der Waals surface area contributed by atoms with Crippen molar-refractivity contribution in [3.8, 4) is 0 Å². The van der Waals surface area contributed by atoms with E-state index in [1.165, 1.54) is 28.3 Å². The Kier molecular flexibility index (Phi) is 3.88. The molecule has 2 N–H and O–H groups in total. The first-order chi connectivity index (χ1) is 8.70. The van der Waals surface area contributed by atoms with Crippen molar-refractivity contribution in [3.63, 3.8) is 0 Å². The minimum Gasteiger partial charge on any atom is -0.374 e. The monoisotopic (exact) mass is 267 g/mol. The smallest absolute Gasteiger partial charge is 0.265 e. The fraction of sp³-hybridized carbons (Fsp3) is 0.400. The van der Waals surface area contributed by atoms with Gasteiger partial charge in [0.05, 0.1) is 6.54 Å². The summed E-state index contributed by atoms with van der Waals surface area (Å²) in [5.41, 5.74) is 0.0577. The molecule has 0 saturated carbocycles. The second-order valence-electron chi connectivity index (χ2n) is 3.71. The van der Waals surface area contributed by atoms with Crippen LogP contribution in [0.1, 0.15) is 19.0 Å². The van der Waals surface area contributed by atoms with E-state index in [1.54, 1.807) is 0 Å². The van der Waals surface area contributed by atoms with Crippen LogP contribution >= 0.6 is 11.5 Å². The normalized spacial score (nSPS) is 10.5. The zero-order chi connectivity index (χ0) is 13.0. The Bertz CT molecular complexity index is 629. The second kappa shape index (κ2) is 5.58. The minimum atomic E-state index is -0.319. The Balaban J connectivity index is 2.23. The van der Waals surface area contributed by atoms with Crippen LogP contribution in [0.5, 0.6) is 0 Å². The Labute approximate surface area is 107 Å². The molecule has 96 valence electrons. The van der Waals surface area contributed by atoms with Gasteiger partial charge in [-0.1, -0.05) is 11.4 Å². The zero-order valence-corrected chi connectivity index (χ0v) is 10.7. The fourth-order valence-electron chi connectivity index (χ4n) is 1.41. The molecule has 0 radical (unpaired) electrons. The van der Waals surface area contributed by atoms with Crippen LogP contribution in [0.2, 0.25) is 0 Å². The topological polar surface area (TPSA) is 92.7 Å². The molecule has 2 heterocycles. The number of anilines is 1. The van der Waals surface area contributed by atoms with E-state index in [0.717, 1.165) is 18.0 Å². The molecule has 0 unspecified atom stereocenters. The first-order valence-electron chi connectivity index (χ1n) is 5.56. The molecule has 2 rings (SSSR count). The zero-order valence-electron chi connectivity index (χ0n) is 9.84. The van der Waals surface area contributed by atoms with E-state index in [1.807, 2.05) is 0 Å². The molecule has 0 spiro atoms. The van der Waals surface area contributed by atoms with E-state index in [2.05, 4.69) is 26.9 Å². The molecular formula is C10H13N5O2S. The lowest BCUT2D eigenvalue weighted by molar-refractivity contribution is 0.616. The molecule has 0 aliphatic heterocycles. The Morgan fingerprint density at radius 1 is 1.44 bits per heavy atom. The summed E-state index contributed by atoms with van der Waals surface area (Å²) >= 11 is 1.24. The van der Waals surface area contributed by atoms with Crippen LogP contribution < -0.4 is 16.4 Å². The average molecular weight is 267 g/mol. The molecular weight excluding hydrogens is 254 g/mol. The number of hydrogen-bond acceptors (Lipinski definition) is 6. The third kappa shape index (κ3) is 2.83. The first-order valence-corrected chi connectivity index (χ1v) is 6.33. The Morgan fingerprint density at radius 3 is 3.06 bits per heavy atom. The van der Waals surface area contributed by atoms with Crippen LogP contribution in [0.3, 0.4) is 0 Å². The number of aromatic nitrogens is 4. The van der Waals surface area contributed by atoms with Gasteiger partial charge in [-0.15, -0.1) is 5.10 Å². The number of rotatable bonds is 5. The van der Waals surface area contributed by atoms with Crippen molar-refractivity contribution in [2.45, 2.75) is 19.9 Å². The third-order valence-corrected chi connectivity index (χ3v) is 3.01. The van der Waals surface area contributed by atoms with Gasteiger partial charge in [0.1, 0.15) is 10.7 Å². The maximum atomic E-state index is 11.6. The van der Waals surface area contributed by atoms with E-state index in [0.29, 0.717) is 5.69 Å². The maximum absolute atomic E-state index is 11.6. The van der Waals surface area contributed by atoms with Crippen LogP contribution in [0, 0.1) is 0 Å². The lowest BCUT2D eigenvalue weighted by Crippen LogP contribution is -2.28. The van der Waals surface area contributed by atoms with Crippen molar-refractivity contribution in [2.24, 2.45) is 0 Å². The summed E-state index contributed by atoms with van der Waals surface area (Å²) in [6.07, 6.45) is 0.986. The van der Waals surface area contributed by atoms with Crippen molar-refractivity contribution in [1.29, 1.82) is 0 Å². The van der Waals surface area contributed by atoms with Gasteiger partial charge in [-0.2, -0.15) is 0 Å². The van der Waals surface area contributed by atoms with Crippen LogP contribution in [0.25, 0.3) is 0 Å². The molecule has 0 aliphatic carbocycles. The summed E-state index contributed by atoms with van der Waals surface area (Å²) in [4.78, 5) is 22.7. The minimum absolute atomic E-state index is 0.206. The second-order valence-corrected chi connectivity index (χ2v) is 4.46. The van der Waals surface area contributed by atoms with Gasteiger partial charge in [-0.05, 0) is 6.42 Å². The van der Waals surface area contributed by atoms with Gasteiger partial charge in [0.15, 0.2) is 0 Å². The van der Waals surface area contributed by atoms with Gasteiger partial charge < -0.3 is 5.32 Å². The summed E-state index contributed by atoms with van der Waals surface area (Å²) < 4.78 is 5.06. The third-order valence-electron chi connectivity index (χ3n) is 2.29. The summed E-state index contributed by atoms with van der Waals surface area (Å²) in [6.45, 7) is 3.08. The largest absolute Gasteiger partial charge is 0.374 e. The van der Waals surface area contributed by atoms with Crippen LogP contribution in [0.15, 0.2) is 21.7 Å². The molecule has 0 bridgehead atoms. The quantitative estimate of drug-likeness (QED) is 0.810. The SMILES string of the molecule is CCCNc1snnc1Cn1[nH]c(=O)ccc1=O. The highest BCUT2D eigenvalue weighted by Crippen LogP contribution is 2.17. The van der Waals surface area contributed by atoms with Crippen molar-refractivity contribution < 1.29 is 0 Å². The van der Waals surface area contributed by atoms with E-state index in [-0.39, 0.29) is 17.7 Å². The summed E-state index contributed by atoms with van der Waals surface area (Å²) in [5, 5.41) is 10.4. The number of hydrogen-bond donors (Lipinski definition) is 2. The van der Waals surface area contributed by atoms with E-state index in [9.17, 15) is 9.59 Å². The Morgan fingerprint density at radius 2 is 2.28 bits per heavy atom. The molecule has 0 aliphatic rings. The van der Waals surface area contributed by atoms with E-state index >= 15 is 0 Å². The molecule has 0 aromatic carbocycles. The predicted molar refractivity (Wildman–Crippen MR) is 69.1 cm³/mol. The number of nitrogens with zero attached hydrogens (tertiary/aromatic N) is 3. The number of H-pyrrole nitrogens is 1. The van der Waals surface area contributed by atoms with Gasteiger partial charge in [-0.25, -0.2) is 4.68 Å². The first kappa shape index (κ1) is 12.5. The van der Waals surface area contributed by atoms with Gasteiger partial charge in [0.2, 0.25) is 0 Å². The van der Waals surface area contributed by atoms with Gasteiger partial charge in [-0.3, -0.25) is 14.7 Å². The summed E-state index contributed by atoms with van der Waals surface area (Å²) in [7, 11) is 0. The highest BCUT2D eigenvalue weighted by atomic mass is 32.1. The Hall–Kier alpha value is -1.96. The highest BCUT2D eigenvalue weighted by molar-refractivity contribution is 7.10. The standard InChI is InChI=1S/C10H13N5O2S/c1-2-5-11-10-7(12-14-18-10)6-15-9(17)4-3-8(16)13-15/h3-4,11H,2,5-6H2,1H3,(H,13,16). The van der Waals surface area contributed by atoms with Crippen molar-refractivity contribution in [1.82, 2.24) is 19.4 Å². The highest BCUT2D eigenvalue weighted by Gasteiger charge is 2.09. The molecule has 0 saturated heterocycles. The average Bonchev–Trinajstić information content (AvgIpc) is 2.79. The fourth-order valence-corrected chi connectivity index (χ4v) is 2.01. The maximum Gasteiger partial charge on any atom is 0.265 e. The predicted octanol–water partition coefficient (Wildman–Crippen LogP) is 0.258. The number of nitrogens with one attached hydrogen (secondary N) is 2. The van der Waals surface area contributed by atoms with Gasteiger partial charge in [0.25, 0.3) is 11.1 Å². The van der Waals surface area contributed by atoms with Crippen molar-refractivity contribution >= 4 is 16.5 Å².